The van der Waals surface area contributed by atoms with Gasteiger partial charge in [-0.2, -0.15) is 17.5 Å². The van der Waals surface area contributed by atoms with Crippen molar-refractivity contribution in [2.45, 2.75) is 45.3 Å². The average molecular weight is 463 g/mol. The number of carboxylic acid groups (broad SMARTS) is 1. The minimum absolute atomic E-state index is 0.167. The van der Waals surface area contributed by atoms with E-state index in [1.54, 1.807) is 10.5 Å². The van der Waals surface area contributed by atoms with Crippen LogP contribution in [0.15, 0.2) is 42.7 Å². The molecule has 0 fully saturated rings. The van der Waals surface area contributed by atoms with Gasteiger partial charge in [-0.25, -0.2) is 13.2 Å². The number of sulfonamides is 1. The molecule has 0 aromatic carbocycles. The first kappa shape index (κ1) is 24.8. The van der Waals surface area contributed by atoms with E-state index in [2.05, 4.69) is 9.55 Å². The first-order valence-electron chi connectivity index (χ1n) is 9.46. The van der Waals surface area contributed by atoms with Crippen LogP contribution < -0.4 is 0 Å². The van der Waals surface area contributed by atoms with Gasteiger partial charge in [-0.05, 0) is 30.7 Å². The van der Waals surface area contributed by atoms with Crippen molar-refractivity contribution in [1.82, 2.24) is 13.9 Å². The highest BCUT2D eigenvalue weighted by Gasteiger charge is 2.38. The molecule has 172 valence electrons. The molecule has 31 heavy (non-hydrogen) atoms. The largest absolute Gasteiger partial charge is 0.490 e. The summed E-state index contributed by atoms with van der Waals surface area (Å²) in [7, 11) is -3.27. The molecule has 1 atom stereocenters. The van der Waals surface area contributed by atoms with E-state index in [4.69, 9.17) is 14.6 Å². The monoisotopic (exact) mass is 463 g/mol. The average Bonchev–Trinajstić information content (AvgIpc) is 3.04. The quantitative estimate of drug-likeness (QED) is 0.707. The number of hydrogen-bond donors (Lipinski definition) is 1. The van der Waals surface area contributed by atoms with Crippen LogP contribution >= 0.6 is 0 Å². The molecule has 0 saturated carbocycles. The number of ether oxygens (including phenoxy) is 1. The lowest BCUT2D eigenvalue weighted by Gasteiger charge is -2.23. The van der Waals surface area contributed by atoms with Crippen molar-refractivity contribution in [2.24, 2.45) is 0 Å². The van der Waals surface area contributed by atoms with E-state index in [1.807, 2.05) is 43.5 Å². The maximum atomic E-state index is 12.5. The van der Waals surface area contributed by atoms with Gasteiger partial charge in [-0.3, -0.25) is 4.98 Å². The Morgan fingerprint density at radius 1 is 1.26 bits per heavy atom. The topological polar surface area (TPSA) is 102 Å². The van der Waals surface area contributed by atoms with Crippen LogP contribution in [0.2, 0.25) is 0 Å². The molecule has 1 unspecified atom stereocenters. The highest BCUT2D eigenvalue weighted by Crippen LogP contribution is 2.19. The second kappa shape index (κ2) is 10.7. The smallest absolute Gasteiger partial charge is 0.475 e. The van der Waals surface area contributed by atoms with Gasteiger partial charge < -0.3 is 14.4 Å². The molecule has 0 spiro atoms. The molecule has 0 bridgehead atoms. The standard InChI is InChI=1S/C17H23N3O3S.C2HF3O2/c1-2-10-24(21,22)20-11-16-7-5-9-19(16)12-17(13-20)23-14-15-6-3-4-8-18-15;3-2(4,5)1(6)7/h3-9,17H,2,10-14H2,1H3;(H,6,7). The van der Waals surface area contributed by atoms with Gasteiger partial charge in [0.2, 0.25) is 10.0 Å². The van der Waals surface area contributed by atoms with Gasteiger partial charge in [0.1, 0.15) is 0 Å². The Morgan fingerprint density at radius 2 is 1.97 bits per heavy atom. The van der Waals surface area contributed by atoms with Gasteiger partial charge in [0.15, 0.2) is 0 Å². The van der Waals surface area contributed by atoms with Crippen LogP contribution in [0.1, 0.15) is 24.7 Å². The molecule has 2 aromatic rings. The molecule has 12 heteroatoms. The predicted octanol–water partition coefficient (Wildman–Crippen LogP) is 2.66. The Bertz CT molecular complexity index is 948. The molecule has 2 aromatic heterocycles. The lowest BCUT2D eigenvalue weighted by Crippen LogP contribution is -2.38. The second-order valence-corrected chi connectivity index (χ2v) is 8.91. The first-order valence-corrected chi connectivity index (χ1v) is 11.1. The molecule has 0 aliphatic carbocycles. The lowest BCUT2D eigenvalue weighted by molar-refractivity contribution is -0.192. The van der Waals surface area contributed by atoms with E-state index < -0.39 is 22.2 Å². The SMILES string of the molecule is CCCS(=O)(=O)N1Cc2cccn2CC(OCc2ccccn2)C1.O=C(O)C(F)(F)F. The first-order chi connectivity index (χ1) is 14.5. The molecular formula is C19H24F3N3O5S. The maximum absolute atomic E-state index is 12.5. The lowest BCUT2D eigenvalue weighted by atomic mass is 10.3. The van der Waals surface area contributed by atoms with E-state index in [0.717, 1.165) is 11.4 Å². The summed E-state index contributed by atoms with van der Waals surface area (Å²) in [5.41, 5.74) is 1.84. The fourth-order valence-corrected chi connectivity index (χ4v) is 4.41. The normalized spacial score (nSPS) is 17.2. The zero-order valence-electron chi connectivity index (χ0n) is 16.8. The molecular weight excluding hydrogens is 439 g/mol. The zero-order chi connectivity index (χ0) is 23.1. The third kappa shape index (κ3) is 7.64. The van der Waals surface area contributed by atoms with Crippen LogP contribution in [-0.2, 0) is 39.3 Å². The molecule has 1 aliphatic rings. The van der Waals surface area contributed by atoms with Crippen LogP contribution in [0.5, 0.6) is 0 Å². The number of rotatable bonds is 6. The van der Waals surface area contributed by atoms with Crippen molar-refractivity contribution in [1.29, 1.82) is 0 Å². The number of aliphatic carboxylic acids is 1. The number of pyridine rings is 1. The van der Waals surface area contributed by atoms with E-state index in [1.165, 1.54) is 0 Å². The molecule has 3 rings (SSSR count). The molecule has 0 saturated heterocycles. The number of fused-ring (bicyclic) bond motifs is 1. The van der Waals surface area contributed by atoms with Crippen molar-refractivity contribution < 1.29 is 36.2 Å². The molecule has 3 heterocycles. The third-order valence-electron chi connectivity index (χ3n) is 4.36. The van der Waals surface area contributed by atoms with E-state index in [9.17, 15) is 21.6 Å². The number of aromatic nitrogens is 2. The van der Waals surface area contributed by atoms with Crippen molar-refractivity contribution >= 4 is 16.0 Å². The molecule has 1 aliphatic heterocycles. The molecule has 8 nitrogen and oxygen atoms in total. The van der Waals surface area contributed by atoms with Gasteiger partial charge in [0.25, 0.3) is 0 Å². The fraction of sp³-hybridized carbons (Fsp3) is 0.474. The zero-order valence-corrected chi connectivity index (χ0v) is 17.6. The van der Waals surface area contributed by atoms with Crippen LogP contribution in [0, 0.1) is 0 Å². The summed E-state index contributed by atoms with van der Waals surface area (Å²) in [5, 5.41) is 7.12. The molecule has 0 amide bonds. The Labute approximate surface area is 178 Å². The van der Waals surface area contributed by atoms with Crippen LogP contribution in [0.3, 0.4) is 0 Å². The van der Waals surface area contributed by atoms with Crippen molar-refractivity contribution in [3.8, 4) is 0 Å². The van der Waals surface area contributed by atoms with Crippen LogP contribution in [0.4, 0.5) is 13.2 Å². The molecule has 0 radical (unpaired) electrons. The van der Waals surface area contributed by atoms with Gasteiger partial charge >= 0.3 is 12.1 Å². The summed E-state index contributed by atoms with van der Waals surface area (Å²) >= 11 is 0. The number of carboxylic acids is 1. The van der Waals surface area contributed by atoms with Gasteiger partial charge in [-0.1, -0.05) is 13.0 Å². The molecule has 1 N–H and O–H groups in total. The summed E-state index contributed by atoms with van der Waals surface area (Å²) in [6.07, 6.45) is -0.970. The summed E-state index contributed by atoms with van der Waals surface area (Å²) in [4.78, 5) is 13.2. The second-order valence-electron chi connectivity index (χ2n) is 6.82. The maximum Gasteiger partial charge on any atom is 0.490 e. The number of nitrogens with zero attached hydrogens (tertiary/aromatic N) is 3. The van der Waals surface area contributed by atoms with Gasteiger partial charge in [0.05, 0.1) is 30.7 Å². The van der Waals surface area contributed by atoms with E-state index >= 15 is 0 Å². The Morgan fingerprint density at radius 3 is 2.55 bits per heavy atom. The third-order valence-corrected chi connectivity index (χ3v) is 6.35. The summed E-state index contributed by atoms with van der Waals surface area (Å²) in [6.45, 7) is 3.68. The highest BCUT2D eigenvalue weighted by atomic mass is 32.2. The number of carbonyl (C=O) groups is 1. The van der Waals surface area contributed by atoms with Gasteiger partial charge in [-0.15, -0.1) is 0 Å². The Balaban J connectivity index is 0.000000423. The van der Waals surface area contributed by atoms with E-state index in [0.29, 0.717) is 32.7 Å². The fourth-order valence-electron chi connectivity index (χ4n) is 2.91. The van der Waals surface area contributed by atoms with Crippen LogP contribution in [0.25, 0.3) is 0 Å². The number of hydrogen-bond acceptors (Lipinski definition) is 5. The summed E-state index contributed by atoms with van der Waals surface area (Å²) in [6, 6.07) is 9.60. The van der Waals surface area contributed by atoms with Crippen LogP contribution in [-0.4, -0.2) is 57.9 Å². The summed E-state index contributed by atoms with van der Waals surface area (Å²) in [5.74, 6) is -2.59. The minimum atomic E-state index is -5.08. The Kier molecular flexibility index (Phi) is 8.60. The minimum Gasteiger partial charge on any atom is -0.475 e. The number of halogens is 3. The van der Waals surface area contributed by atoms with E-state index in [-0.39, 0.29) is 11.9 Å². The Hall–Kier alpha value is -2.44. The number of alkyl halides is 3. The van der Waals surface area contributed by atoms with Crippen molar-refractivity contribution in [2.75, 3.05) is 12.3 Å². The predicted molar refractivity (Wildman–Crippen MR) is 105 cm³/mol. The summed E-state index contributed by atoms with van der Waals surface area (Å²) < 4.78 is 66.4. The van der Waals surface area contributed by atoms with Crippen molar-refractivity contribution in [3.63, 3.8) is 0 Å². The van der Waals surface area contributed by atoms with Gasteiger partial charge in [0, 0.05) is 31.2 Å². The highest BCUT2D eigenvalue weighted by molar-refractivity contribution is 7.89. The van der Waals surface area contributed by atoms with Crippen molar-refractivity contribution in [3.05, 3.63) is 54.1 Å².